The number of hydrogen-bond donors (Lipinski definition) is 1. The van der Waals surface area contributed by atoms with Gasteiger partial charge in [-0.05, 0) is 12.1 Å². The average Bonchev–Trinajstić information content (AvgIpc) is 2.61. The van der Waals surface area contributed by atoms with E-state index in [2.05, 4.69) is 29.1 Å². The zero-order valence-corrected chi connectivity index (χ0v) is 11.0. The number of nitrogen functional groups attached to an aromatic ring is 1. The number of halogens is 1. The molecule has 0 atom stereocenters. The predicted octanol–water partition coefficient (Wildman–Crippen LogP) is 2.40. The Labute approximate surface area is 108 Å². The summed E-state index contributed by atoms with van der Waals surface area (Å²) in [4.78, 5) is 0.941. The Morgan fingerprint density at radius 3 is 2.71 bits per heavy atom. The van der Waals surface area contributed by atoms with E-state index in [1.54, 1.807) is 34.8 Å². The van der Waals surface area contributed by atoms with Gasteiger partial charge in [0, 0.05) is 5.25 Å². The van der Waals surface area contributed by atoms with Crippen molar-refractivity contribution in [1.82, 2.24) is 20.0 Å². The third kappa shape index (κ3) is 2.70. The zero-order chi connectivity index (χ0) is 12.4. The lowest BCUT2D eigenvalue weighted by molar-refractivity contribution is 0.822. The summed E-state index contributed by atoms with van der Waals surface area (Å²) in [5.74, 6) is 1.13. The molecule has 2 rings (SSSR count). The maximum absolute atomic E-state index is 6.00. The molecule has 2 aromatic heterocycles. The van der Waals surface area contributed by atoms with Crippen LogP contribution in [0.5, 0.6) is 0 Å². The Bertz CT molecular complexity index is 508. The standard InChI is InChI=1S/C10H12ClN5S/c1-6(2)17-7-5-13-16(10(7)12)9-4-3-8(11)14-15-9/h3-6H,12H2,1-2H3. The van der Waals surface area contributed by atoms with E-state index in [0.717, 1.165) is 4.90 Å². The van der Waals surface area contributed by atoms with Gasteiger partial charge in [-0.2, -0.15) is 9.78 Å². The minimum absolute atomic E-state index is 0.344. The minimum atomic E-state index is 0.344. The molecule has 0 radical (unpaired) electrons. The molecule has 5 nitrogen and oxygen atoms in total. The lowest BCUT2D eigenvalue weighted by Crippen LogP contribution is -2.05. The number of rotatable bonds is 3. The Morgan fingerprint density at radius 2 is 2.12 bits per heavy atom. The summed E-state index contributed by atoms with van der Waals surface area (Å²) in [5, 5.41) is 12.7. The number of anilines is 1. The van der Waals surface area contributed by atoms with Crippen LogP contribution in [0.4, 0.5) is 5.82 Å². The lowest BCUT2D eigenvalue weighted by atomic mass is 10.5. The van der Waals surface area contributed by atoms with Crippen LogP contribution in [0.3, 0.4) is 0 Å². The Kier molecular flexibility index (Phi) is 3.54. The number of thioether (sulfide) groups is 1. The van der Waals surface area contributed by atoms with E-state index in [0.29, 0.717) is 22.0 Å². The van der Waals surface area contributed by atoms with Crippen LogP contribution in [0.15, 0.2) is 23.2 Å². The van der Waals surface area contributed by atoms with Gasteiger partial charge in [0.2, 0.25) is 0 Å². The van der Waals surface area contributed by atoms with Gasteiger partial charge in [0.15, 0.2) is 11.0 Å². The summed E-state index contributed by atoms with van der Waals surface area (Å²) in [7, 11) is 0. The second-order valence-electron chi connectivity index (χ2n) is 3.69. The van der Waals surface area contributed by atoms with Crippen LogP contribution in [0.25, 0.3) is 5.82 Å². The number of aromatic nitrogens is 4. The van der Waals surface area contributed by atoms with Gasteiger partial charge in [-0.15, -0.1) is 22.0 Å². The van der Waals surface area contributed by atoms with Gasteiger partial charge in [0.25, 0.3) is 0 Å². The van der Waals surface area contributed by atoms with Crippen molar-refractivity contribution < 1.29 is 0 Å². The molecule has 2 aromatic rings. The second kappa shape index (κ2) is 4.93. The van der Waals surface area contributed by atoms with Crippen LogP contribution in [-0.2, 0) is 0 Å². The molecular weight excluding hydrogens is 258 g/mol. The highest BCUT2D eigenvalue weighted by Crippen LogP contribution is 2.29. The Hall–Kier alpha value is -1.27. The number of nitrogens with zero attached hydrogens (tertiary/aromatic N) is 4. The van der Waals surface area contributed by atoms with Crippen molar-refractivity contribution >= 4 is 29.2 Å². The summed E-state index contributed by atoms with van der Waals surface area (Å²) in [6.45, 7) is 4.20. The second-order valence-corrected chi connectivity index (χ2v) is 5.69. The molecule has 2 N–H and O–H groups in total. The quantitative estimate of drug-likeness (QED) is 0.867. The maximum atomic E-state index is 6.00. The van der Waals surface area contributed by atoms with Crippen molar-refractivity contribution in [2.75, 3.05) is 5.73 Å². The summed E-state index contributed by atoms with van der Waals surface area (Å²) >= 11 is 7.34. The van der Waals surface area contributed by atoms with Gasteiger partial charge in [-0.25, -0.2) is 0 Å². The molecule has 17 heavy (non-hydrogen) atoms. The molecule has 0 saturated carbocycles. The van der Waals surface area contributed by atoms with Crippen molar-refractivity contribution in [1.29, 1.82) is 0 Å². The number of hydrogen-bond acceptors (Lipinski definition) is 5. The molecule has 7 heteroatoms. The fourth-order valence-electron chi connectivity index (χ4n) is 1.29. The summed E-state index contributed by atoms with van der Waals surface area (Å²) in [6, 6.07) is 3.38. The van der Waals surface area contributed by atoms with Crippen molar-refractivity contribution in [3.63, 3.8) is 0 Å². The van der Waals surface area contributed by atoms with Crippen LogP contribution < -0.4 is 5.73 Å². The van der Waals surface area contributed by atoms with E-state index >= 15 is 0 Å². The lowest BCUT2D eigenvalue weighted by Gasteiger charge is -2.05. The van der Waals surface area contributed by atoms with E-state index in [1.165, 1.54) is 0 Å². The van der Waals surface area contributed by atoms with Gasteiger partial charge in [0.05, 0.1) is 11.1 Å². The third-order valence-electron chi connectivity index (χ3n) is 1.97. The van der Waals surface area contributed by atoms with Crippen molar-refractivity contribution in [2.24, 2.45) is 0 Å². The van der Waals surface area contributed by atoms with E-state index < -0.39 is 0 Å². The van der Waals surface area contributed by atoms with Crippen LogP contribution in [0.1, 0.15) is 13.8 Å². The minimum Gasteiger partial charge on any atom is -0.383 e. The SMILES string of the molecule is CC(C)Sc1cnn(-c2ccc(Cl)nn2)c1N. The van der Waals surface area contributed by atoms with Crippen molar-refractivity contribution in [3.8, 4) is 5.82 Å². The summed E-state index contributed by atoms with van der Waals surface area (Å²) in [5.41, 5.74) is 6.00. The van der Waals surface area contributed by atoms with E-state index in [1.807, 2.05) is 0 Å². The van der Waals surface area contributed by atoms with Gasteiger partial charge in [-0.1, -0.05) is 25.4 Å². The highest BCUT2D eigenvalue weighted by Gasteiger charge is 2.11. The molecule has 0 aliphatic rings. The molecule has 0 aliphatic heterocycles. The van der Waals surface area contributed by atoms with Crippen LogP contribution >= 0.6 is 23.4 Å². The van der Waals surface area contributed by atoms with E-state index in [-0.39, 0.29) is 0 Å². The first-order valence-corrected chi connectivity index (χ1v) is 6.33. The molecular formula is C10H12ClN5S. The Balaban J connectivity index is 2.33. The molecule has 0 spiro atoms. The Morgan fingerprint density at radius 1 is 1.35 bits per heavy atom. The van der Waals surface area contributed by atoms with Crippen LogP contribution in [0.2, 0.25) is 5.15 Å². The molecule has 0 saturated heterocycles. The first-order valence-electron chi connectivity index (χ1n) is 5.07. The molecule has 0 unspecified atom stereocenters. The molecule has 0 bridgehead atoms. The monoisotopic (exact) mass is 269 g/mol. The molecule has 0 fully saturated rings. The summed E-state index contributed by atoms with van der Waals surface area (Å²) in [6.07, 6.45) is 1.73. The van der Waals surface area contributed by atoms with E-state index in [4.69, 9.17) is 17.3 Å². The highest BCUT2D eigenvalue weighted by atomic mass is 35.5. The smallest absolute Gasteiger partial charge is 0.178 e. The molecule has 0 amide bonds. The van der Waals surface area contributed by atoms with Gasteiger partial charge < -0.3 is 5.73 Å². The van der Waals surface area contributed by atoms with E-state index in [9.17, 15) is 0 Å². The fourth-order valence-corrected chi connectivity index (χ4v) is 2.22. The molecule has 90 valence electrons. The highest BCUT2D eigenvalue weighted by molar-refractivity contribution is 8.00. The summed E-state index contributed by atoms with van der Waals surface area (Å²) < 4.78 is 1.55. The first kappa shape index (κ1) is 12.2. The van der Waals surface area contributed by atoms with Gasteiger partial charge in [-0.3, -0.25) is 0 Å². The molecule has 2 heterocycles. The fraction of sp³-hybridized carbons (Fsp3) is 0.300. The van der Waals surface area contributed by atoms with Crippen molar-refractivity contribution in [2.45, 2.75) is 24.0 Å². The number of nitrogens with two attached hydrogens (primary N) is 1. The largest absolute Gasteiger partial charge is 0.383 e. The normalized spacial score (nSPS) is 11.1. The van der Waals surface area contributed by atoms with Crippen LogP contribution in [0, 0.1) is 0 Å². The van der Waals surface area contributed by atoms with Crippen molar-refractivity contribution in [3.05, 3.63) is 23.5 Å². The zero-order valence-electron chi connectivity index (χ0n) is 9.46. The predicted molar refractivity (Wildman–Crippen MR) is 69.6 cm³/mol. The van der Waals surface area contributed by atoms with Gasteiger partial charge in [0.1, 0.15) is 5.82 Å². The first-order chi connectivity index (χ1) is 8.08. The maximum Gasteiger partial charge on any atom is 0.178 e. The third-order valence-corrected chi connectivity index (χ3v) is 3.21. The van der Waals surface area contributed by atoms with Crippen LogP contribution in [-0.4, -0.2) is 25.2 Å². The van der Waals surface area contributed by atoms with Gasteiger partial charge >= 0.3 is 0 Å². The topological polar surface area (TPSA) is 69.6 Å². The molecule has 0 aliphatic carbocycles. The molecule has 0 aromatic carbocycles. The average molecular weight is 270 g/mol.